The fourth-order valence-electron chi connectivity index (χ4n) is 1.50. The number of nitro groups is 1. The highest BCUT2D eigenvalue weighted by molar-refractivity contribution is 5.95. The number of hydrogen-bond donors (Lipinski definition) is 0. The fraction of sp³-hybridized carbons (Fsp3) is 0.0769. The van der Waals surface area contributed by atoms with Crippen LogP contribution in [0, 0.1) is 10.1 Å². The highest BCUT2D eigenvalue weighted by Gasteiger charge is 2.18. The maximum Gasteiger partial charge on any atom is 0.312 e. The summed E-state index contributed by atoms with van der Waals surface area (Å²) in [4.78, 5) is 25.5. The third-order valence-electron chi connectivity index (χ3n) is 2.42. The van der Waals surface area contributed by atoms with Crippen LogP contribution in [0.25, 0.3) is 0 Å². The highest BCUT2D eigenvalue weighted by Crippen LogP contribution is 2.31. The largest absolute Gasteiger partial charge is 0.449 e. The second-order valence-electron chi connectivity index (χ2n) is 3.79. The van der Waals surface area contributed by atoms with Gasteiger partial charge >= 0.3 is 5.69 Å². The molecule has 0 aliphatic rings. The number of carbonyl (C=O) groups is 1. The van der Waals surface area contributed by atoms with Gasteiger partial charge in [-0.1, -0.05) is 0 Å². The van der Waals surface area contributed by atoms with Crippen molar-refractivity contribution in [3.8, 4) is 11.5 Å². The smallest absolute Gasteiger partial charge is 0.312 e. The van der Waals surface area contributed by atoms with Crippen molar-refractivity contribution in [2.45, 2.75) is 6.92 Å². The van der Waals surface area contributed by atoms with E-state index in [4.69, 9.17) is 4.74 Å². The molecule has 0 radical (unpaired) electrons. The van der Waals surface area contributed by atoms with Gasteiger partial charge in [-0.3, -0.25) is 19.9 Å². The van der Waals surface area contributed by atoms with Crippen LogP contribution < -0.4 is 4.74 Å². The zero-order chi connectivity index (χ0) is 13.8. The Labute approximate surface area is 108 Å². The Morgan fingerprint density at radius 1 is 1.37 bits per heavy atom. The summed E-state index contributed by atoms with van der Waals surface area (Å²) in [5.41, 5.74) is 0.0155. The molecule has 0 amide bonds. The van der Waals surface area contributed by atoms with Gasteiger partial charge in [0.15, 0.2) is 5.78 Å². The second-order valence-corrected chi connectivity index (χ2v) is 3.79. The summed E-state index contributed by atoms with van der Waals surface area (Å²) in [6.45, 7) is 1.35. The molecule has 0 atom stereocenters. The number of Topliss-reactive ketones (excluding diaryl/α,β-unsaturated/α-hetero) is 1. The first-order valence-electron chi connectivity index (χ1n) is 5.45. The Bertz CT molecular complexity index is 626. The van der Waals surface area contributed by atoms with E-state index in [1.54, 1.807) is 18.3 Å². The van der Waals surface area contributed by atoms with Gasteiger partial charge in [-0.05, 0) is 31.2 Å². The van der Waals surface area contributed by atoms with Crippen LogP contribution in [0.2, 0.25) is 0 Å². The third kappa shape index (κ3) is 2.92. The predicted octanol–water partition coefficient (Wildman–Crippen LogP) is 2.98. The molecule has 0 bridgehead atoms. The minimum absolute atomic E-state index is 0.0722. The molecule has 0 aliphatic carbocycles. The first kappa shape index (κ1) is 12.7. The number of nitro benzene ring substituents is 1. The molecule has 0 saturated heterocycles. The number of aromatic nitrogens is 1. The van der Waals surface area contributed by atoms with Crippen LogP contribution in [0.1, 0.15) is 17.3 Å². The molecule has 6 heteroatoms. The van der Waals surface area contributed by atoms with E-state index in [2.05, 4.69) is 4.98 Å². The van der Waals surface area contributed by atoms with Gasteiger partial charge in [0, 0.05) is 17.8 Å². The number of ketones is 1. The summed E-state index contributed by atoms with van der Waals surface area (Å²) in [6.07, 6.45) is 3.02. The van der Waals surface area contributed by atoms with Crippen molar-refractivity contribution in [3.63, 3.8) is 0 Å². The number of ether oxygens (including phenoxy) is 1. The molecule has 0 aliphatic heterocycles. The van der Waals surface area contributed by atoms with Gasteiger partial charge in [-0.25, -0.2) is 0 Å². The molecule has 2 rings (SSSR count). The topological polar surface area (TPSA) is 82.3 Å². The summed E-state index contributed by atoms with van der Waals surface area (Å²) in [7, 11) is 0. The molecule has 0 N–H and O–H groups in total. The number of pyridine rings is 1. The van der Waals surface area contributed by atoms with Gasteiger partial charge in [0.2, 0.25) is 5.75 Å². The molecule has 0 unspecified atom stereocenters. The van der Waals surface area contributed by atoms with Crippen molar-refractivity contribution in [3.05, 3.63) is 58.4 Å². The summed E-state index contributed by atoms with van der Waals surface area (Å²) < 4.78 is 5.39. The Balaban J connectivity index is 2.40. The van der Waals surface area contributed by atoms with Crippen LogP contribution in [-0.4, -0.2) is 15.7 Å². The molecule has 1 aromatic heterocycles. The lowest BCUT2D eigenvalue weighted by Crippen LogP contribution is -1.98. The first-order valence-corrected chi connectivity index (χ1v) is 5.45. The zero-order valence-corrected chi connectivity index (χ0v) is 10.1. The maximum atomic E-state index is 11.2. The van der Waals surface area contributed by atoms with Gasteiger partial charge in [-0.15, -0.1) is 0 Å². The van der Waals surface area contributed by atoms with Gasteiger partial charge in [0.05, 0.1) is 11.1 Å². The van der Waals surface area contributed by atoms with Crippen LogP contribution in [-0.2, 0) is 0 Å². The monoisotopic (exact) mass is 258 g/mol. The minimum atomic E-state index is -0.585. The number of carbonyl (C=O) groups excluding carboxylic acids is 1. The van der Waals surface area contributed by atoms with E-state index in [-0.39, 0.29) is 22.8 Å². The van der Waals surface area contributed by atoms with Crippen molar-refractivity contribution in [1.82, 2.24) is 4.98 Å². The summed E-state index contributed by atoms with van der Waals surface area (Å²) in [5, 5.41) is 11.0. The maximum absolute atomic E-state index is 11.2. The second kappa shape index (κ2) is 5.26. The highest BCUT2D eigenvalue weighted by atomic mass is 16.6. The lowest BCUT2D eigenvalue weighted by atomic mass is 10.1. The molecule has 19 heavy (non-hydrogen) atoms. The summed E-state index contributed by atoms with van der Waals surface area (Å²) in [6, 6.07) is 7.39. The fourth-order valence-corrected chi connectivity index (χ4v) is 1.50. The Morgan fingerprint density at radius 3 is 2.74 bits per heavy atom. The lowest BCUT2D eigenvalue weighted by molar-refractivity contribution is -0.385. The van der Waals surface area contributed by atoms with Gasteiger partial charge in [-0.2, -0.15) is 0 Å². The third-order valence-corrected chi connectivity index (χ3v) is 2.42. The first-order chi connectivity index (χ1) is 9.08. The molecule has 1 heterocycles. The van der Waals surface area contributed by atoms with Crippen molar-refractivity contribution in [2.24, 2.45) is 0 Å². The Kier molecular flexibility index (Phi) is 3.51. The van der Waals surface area contributed by atoms with Crippen LogP contribution in [0.4, 0.5) is 5.69 Å². The standard InChI is InChI=1S/C13H10N2O4/c1-9(16)10-4-5-13(12(7-10)15(17)18)19-11-3-2-6-14-8-11/h2-8H,1H3. The average molecular weight is 258 g/mol. The van der Waals surface area contributed by atoms with E-state index in [1.807, 2.05) is 0 Å². The lowest BCUT2D eigenvalue weighted by Gasteiger charge is -2.06. The van der Waals surface area contributed by atoms with Crippen LogP contribution >= 0.6 is 0 Å². The predicted molar refractivity (Wildman–Crippen MR) is 67.4 cm³/mol. The molecule has 0 fully saturated rings. The number of rotatable bonds is 4. The van der Waals surface area contributed by atoms with E-state index in [0.29, 0.717) is 5.75 Å². The molecule has 96 valence electrons. The number of benzene rings is 1. The van der Waals surface area contributed by atoms with Crippen LogP contribution in [0.5, 0.6) is 11.5 Å². The van der Waals surface area contributed by atoms with Crippen LogP contribution in [0.15, 0.2) is 42.7 Å². The van der Waals surface area contributed by atoms with Gasteiger partial charge in [0.1, 0.15) is 5.75 Å². The van der Waals surface area contributed by atoms with Gasteiger partial charge in [0.25, 0.3) is 0 Å². The van der Waals surface area contributed by atoms with Crippen molar-refractivity contribution >= 4 is 11.5 Å². The number of nitrogens with zero attached hydrogens (tertiary/aromatic N) is 2. The van der Waals surface area contributed by atoms with E-state index in [9.17, 15) is 14.9 Å². The Morgan fingerprint density at radius 2 is 2.16 bits per heavy atom. The normalized spacial score (nSPS) is 9.95. The minimum Gasteiger partial charge on any atom is -0.449 e. The Hall–Kier alpha value is -2.76. The number of hydrogen-bond acceptors (Lipinski definition) is 5. The average Bonchev–Trinajstić information content (AvgIpc) is 2.39. The van der Waals surface area contributed by atoms with Crippen LogP contribution in [0.3, 0.4) is 0 Å². The van der Waals surface area contributed by atoms with E-state index in [0.717, 1.165) is 0 Å². The summed E-state index contributed by atoms with van der Waals surface area (Å²) in [5.74, 6) is 0.222. The van der Waals surface area contributed by atoms with Crippen molar-refractivity contribution in [1.29, 1.82) is 0 Å². The van der Waals surface area contributed by atoms with Crippen molar-refractivity contribution < 1.29 is 14.5 Å². The molecule has 6 nitrogen and oxygen atoms in total. The van der Waals surface area contributed by atoms with E-state index < -0.39 is 4.92 Å². The van der Waals surface area contributed by atoms with E-state index >= 15 is 0 Å². The molecule has 0 saturated carbocycles. The van der Waals surface area contributed by atoms with Gasteiger partial charge < -0.3 is 4.74 Å². The molecular formula is C13H10N2O4. The van der Waals surface area contributed by atoms with Crippen molar-refractivity contribution in [2.75, 3.05) is 0 Å². The molecule has 1 aromatic carbocycles. The van der Waals surface area contributed by atoms with E-state index in [1.165, 1.54) is 31.3 Å². The summed E-state index contributed by atoms with van der Waals surface area (Å²) >= 11 is 0. The molecule has 2 aromatic rings. The molecule has 0 spiro atoms. The SMILES string of the molecule is CC(=O)c1ccc(Oc2cccnc2)c([N+](=O)[O-])c1. The zero-order valence-electron chi connectivity index (χ0n) is 10.1. The molecular weight excluding hydrogens is 248 g/mol. The quantitative estimate of drug-likeness (QED) is 0.478.